The fourth-order valence-corrected chi connectivity index (χ4v) is 8.90. The first kappa shape index (κ1) is 22.9. The average Bonchev–Trinajstić information content (AvgIpc) is 3.38. The van der Waals surface area contributed by atoms with Gasteiger partial charge in [-0.05, 0) is 0 Å². The fourth-order valence-electron chi connectivity index (χ4n) is 4.49. The number of hydrogen-bond donors (Lipinski definition) is 0. The Morgan fingerprint density at radius 3 is 1.94 bits per heavy atom. The van der Waals surface area contributed by atoms with Gasteiger partial charge in [-0.25, -0.2) is 0 Å². The molecule has 3 heterocycles. The molecule has 0 aromatic heterocycles. The molecule has 0 aliphatic carbocycles. The van der Waals surface area contributed by atoms with Gasteiger partial charge in [-0.15, -0.1) is 0 Å². The van der Waals surface area contributed by atoms with Crippen LogP contribution in [0.2, 0.25) is 0 Å². The minimum atomic E-state index is -2.36. The molecule has 0 N–H and O–H groups in total. The van der Waals surface area contributed by atoms with Gasteiger partial charge in [0.15, 0.2) is 0 Å². The zero-order valence-electron chi connectivity index (χ0n) is 18.7. The van der Waals surface area contributed by atoms with E-state index in [0.717, 1.165) is 10.6 Å². The maximum absolute atomic E-state index is 7.06. The molecule has 3 saturated heterocycles. The van der Waals surface area contributed by atoms with Crippen molar-refractivity contribution in [3.8, 4) is 0 Å². The molecule has 0 spiro atoms. The third-order valence-electron chi connectivity index (χ3n) is 5.89. The molecule has 2 aromatic rings. The zero-order chi connectivity index (χ0) is 22.6. The number of fused-ring (bicyclic) bond motifs is 1. The summed E-state index contributed by atoms with van der Waals surface area (Å²) in [6.07, 6.45) is -1.96. The SMILES string of the molecule is CC1(C)O[C@H]2O[C@H]([C@H]3COC(C)(C)O3)[C@H](OP(=[Se])(c3ccccc3)c3ccccc3)[C@H]2O1. The Balaban J connectivity index is 1.53. The average molecular weight is 523 g/mol. The Hall–Kier alpha value is -0.851. The van der Waals surface area contributed by atoms with Crippen LogP contribution in [0.15, 0.2) is 60.7 Å². The first-order valence-corrected chi connectivity index (χ1v) is 14.8. The predicted octanol–water partition coefficient (Wildman–Crippen LogP) is 3.07. The van der Waals surface area contributed by atoms with Crippen molar-refractivity contribution >= 4 is 31.4 Å². The second-order valence-electron chi connectivity index (χ2n) is 9.23. The van der Waals surface area contributed by atoms with Gasteiger partial charge in [0, 0.05) is 0 Å². The van der Waals surface area contributed by atoms with Gasteiger partial charge in [0.2, 0.25) is 0 Å². The van der Waals surface area contributed by atoms with Crippen LogP contribution in [-0.2, 0) is 28.2 Å². The number of rotatable bonds is 5. The molecule has 3 aliphatic heterocycles. The quantitative estimate of drug-likeness (QED) is 0.444. The van der Waals surface area contributed by atoms with E-state index < -0.39 is 29.7 Å². The molecule has 6 nitrogen and oxygen atoms in total. The van der Waals surface area contributed by atoms with E-state index in [0.29, 0.717) is 6.61 Å². The summed E-state index contributed by atoms with van der Waals surface area (Å²) >= 11 is 3.44. The van der Waals surface area contributed by atoms with E-state index in [2.05, 4.69) is 39.4 Å². The number of ether oxygens (including phenoxy) is 5. The summed E-state index contributed by atoms with van der Waals surface area (Å²) in [6, 6.07) is 20.6. The van der Waals surface area contributed by atoms with Gasteiger partial charge in [0.25, 0.3) is 0 Å². The third kappa shape index (κ3) is 4.32. The molecule has 8 heteroatoms. The van der Waals surface area contributed by atoms with Gasteiger partial charge >= 0.3 is 197 Å². The van der Waals surface area contributed by atoms with Gasteiger partial charge in [0.1, 0.15) is 0 Å². The number of hydrogen-bond acceptors (Lipinski definition) is 6. The second-order valence-corrected chi connectivity index (χ2v) is 14.8. The molecule has 5 atom stereocenters. The van der Waals surface area contributed by atoms with Crippen LogP contribution in [0, 0.1) is 0 Å². The van der Waals surface area contributed by atoms with Gasteiger partial charge < -0.3 is 0 Å². The van der Waals surface area contributed by atoms with E-state index in [1.165, 1.54) is 0 Å². The van der Waals surface area contributed by atoms with Gasteiger partial charge in [-0.1, -0.05) is 0 Å². The van der Waals surface area contributed by atoms with Crippen LogP contribution >= 0.6 is 5.74 Å². The van der Waals surface area contributed by atoms with Gasteiger partial charge in [-0.3, -0.25) is 0 Å². The molecule has 0 unspecified atom stereocenters. The van der Waals surface area contributed by atoms with Crippen molar-refractivity contribution in [1.29, 1.82) is 0 Å². The minimum absolute atomic E-state index is 0.282. The van der Waals surface area contributed by atoms with E-state index in [-0.39, 0.29) is 18.3 Å². The van der Waals surface area contributed by atoms with Crippen molar-refractivity contribution in [3.63, 3.8) is 0 Å². The van der Waals surface area contributed by atoms with Crippen molar-refractivity contribution < 1.29 is 28.2 Å². The summed E-state index contributed by atoms with van der Waals surface area (Å²) in [6.45, 7) is 8.04. The molecule has 172 valence electrons. The third-order valence-corrected chi connectivity index (χ3v) is 11.6. The van der Waals surface area contributed by atoms with Gasteiger partial charge in [-0.2, -0.15) is 0 Å². The standard InChI is InChI=1S/C24H29O6PSe/c1-23(2)25-15-18(27-23)19-20(21-22(26-19)29-24(3,4)28-21)30-31(32,16-11-7-5-8-12-16)17-13-9-6-10-14-17/h5-14,18-22H,15H2,1-4H3/t18-,19-,20+,21-,22-/m1/s1. The number of benzene rings is 2. The Morgan fingerprint density at radius 1 is 0.812 bits per heavy atom. The summed E-state index contributed by atoms with van der Waals surface area (Å²) in [5.74, 6) is -1.41. The summed E-state index contributed by atoms with van der Waals surface area (Å²) < 4.78 is 37.8. The zero-order valence-corrected chi connectivity index (χ0v) is 21.3. The van der Waals surface area contributed by atoms with Crippen molar-refractivity contribution in [2.45, 2.75) is 70.0 Å². The molecule has 0 amide bonds. The Morgan fingerprint density at radius 2 is 1.41 bits per heavy atom. The molecule has 3 fully saturated rings. The van der Waals surface area contributed by atoms with Crippen LogP contribution in [0.3, 0.4) is 0 Å². The Labute approximate surface area is 196 Å². The van der Waals surface area contributed by atoms with Crippen molar-refractivity contribution in [3.05, 3.63) is 60.7 Å². The van der Waals surface area contributed by atoms with Crippen LogP contribution in [0.4, 0.5) is 0 Å². The van der Waals surface area contributed by atoms with Crippen LogP contribution in [0.1, 0.15) is 27.7 Å². The summed E-state index contributed by atoms with van der Waals surface area (Å²) in [5.41, 5.74) is -2.36. The van der Waals surface area contributed by atoms with Crippen molar-refractivity contribution in [2.24, 2.45) is 0 Å². The van der Waals surface area contributed by atoms with Crippen LogP contribution in [0.25, 0.3) is 0 Å². The van der Waals surface area contributed by atoms with E-state index >= 15 is 0 Å². The first-order chi connectivity index (χ1) is 15.2. The molecular weight excluding hydrogens is 494 g/mol. The molecule has 2 aromatic carbocycles. The Kier molecular flexibility index (Phi) is 6.03. The molecule has 0 bridgehead atoms. The van der Waals surface area contributed by atoms with Crippen LogP contribution in [-0.4, -0.2) is 64.0 Å². The van der Waals surface area contributed by atoms with Gasteiger partial charge in [0.05, 0.1) is 0 Å². The second kappa shape index (κ2) is 8.42. The van der Waals surface area contributed by atoms with Crippen LogP contribution in [0.5, 0.6) is 0 Å². The summed E-state index contributed by atoms with van der Waals surface area (Å²) in [7, 11) is 0. The van der Waals surface area contributed by atoms with Crippen molar-refractivity contribution in [1.82, 2.24) is 0 Å². The first-order valence-electron chi connectivity index (χ1n) is 10.9. The molecule has 0 radical (unpaired) electrons. The summed E-state index contributed by atoms with van der Waals surface area (Å²) in [5, 5.41) is 2.21. The normalized spacial score (nSPS) is 33.3. The molecule has 32 heavy (non-hydrogen) atoms. The van der Waals surface area contributed by atoms with Crippen LogP contribution < -0.4 is 10.6 Å². The van der Waals surface area contributed by atoms with E-state index in [4.69, 9.17) is 28.2 Å². The van der Waals surface area contributed by atoms with E-state index in [1.807, 2.05) is 64.1 Å². The Bertz CT molecular complexity index is 955. The summed E-state index contributed by atoms with van der Waals surface area (Å²) in [4.78, 5) is 0. The van der Waals surface area contributed by atoms with E-state index in [9.17, 15) is 0 Å². The predicted molar refractivity (Wildman–Crippen MR) is 123 cm³/mol. The molecule has 0 saturated carbocycles. The van der Waals surface area contributed by atoms with E-state index in [1.54, 1.807) is 0 Å². The molecular formula is C24H29O6PSe. The maximum atomic E-state index is 7.06. The monoisotopic (exact) mass is 524 g/mol. The topological polar surface area (TPSA) is 55.4 Å². The van der Waals surface area contributed by atoms with Crippen molar-refractivity contribution in [2.75, 3.05) is 6.61 Å². The fraction of sp³-hybridized carbons (Fsp3) is 0.500. The molecule has 3 aliphatic rings. The molecule has 5 rings (SSSR count).